The first-order valence-electron chi connectivity index (χ1n) is 7.69. The minimum absolute atomic E-state index is 0. The second kappa shape index (κ2) is 11.3. The van der Waals surface area contributed by atoms with Gasteiger partial charge in [0, 0.05) is 16.6 Å². The highest BCUT2D eigenvalue weighted by atomic mass is 35.5. The van der Waals surface area contributed by atoms with Crippen LogP contribution >= 0.6 is 35.6 Å². The van der Waals surface area contributed by atoms with Crippen LogP contribution < -0.4 is 14.8 Å². The predicted molar refractivity (Wildman–Crippen MR) is 108 cm³/mol. The maximum Gasteiger partial charge on any atom is 0.161 e. The van der Waals surface area contributed by atoms with Crippen molar-refractivity contribution in [1.29, 1.82) is 0 Å². The standard InChI is InChI=1S/C19H21Cl2NO2.ClH/c1-3-10-24-18-7-4-14(11-19(18)23-2)13-22-9-8-15-5-6-16(20)12-17(15)21;/h3-7,11-12,22H,1,8-10,13H2,2H3;1H. The molecule has 0 aromatic heterocycles. The normalized spacial score (nSPS) is 10.0. The molecule has 0 atom stereocenters. The van der Waals surface area contributed by atoms with E-state index in [2.05, 4.69) is 11.9 Å². The fourth-order valence-electron chi connectivity index (χ4n) is 2.27. The van der Waals surface area contributed by atoms with Gasteiger partial charge >= 0.3 is 0 Å². The van der Waals surface area contributed by atoms with Crippen molar-refractivity contribution in [2.75, 3.05) is 20.3 Å². The van der Waals surface area contributed by atoms with Crippen LogP contribution in [-0.2, 0) is 13.0 Å². The molecule has 0 saturated heterocycles. The quantitative estimate of drug-likeness (QED) is 0.455. The molecule has 25 heavy (non-hydrogen) atoms. The molecule has 0 amide bonds. The van der Waals surface area contributed by atoms with Crippen molar-refractivity contribution in [2.24, 2.45) is 0 Å². The molecule has 0 bridgehead atoms. The SMILES string of the molecule is C=CCOc1ccc(CNCCc2ccc(Cl)cc2Cl)cc1OC.Cl. The third-order valence-electron chi connectivity index (χ3n) is 3.50. The van der Waals surface area contributed by atoms with Crippen LogP contribution in [0.1, 0.15) is 11.1 Å². The van der Waals surface area contributed by atoms with Gasteiger partial charge in [-0.1, -0.05) is 48.0 Å². The summed E-state index contributed by atoms with van der Waals surface area (Å²) in [5, 5.41) is 4.76. The van der Waals surface area contributed by atoms with E-state index in [0.717, 1.165) is 36.4 Å². The minimum Gasteiger partial charge on any atom is -0.493 e. The summed E-state index contributed by atoms with van der Waals surface area (Å²) >= 11 is 12.1. The van der Waals surface area contributed by atoms with Crippen LogP contribution in [0, 0.1) is 0 Å². The van der Waals surface area contributed by atoms with E-state index in [-0.39, 0.29) is 12.4 Å². The molecule has 1 N–H and O–H groups in total. The summed E-state index contributed by atoms with van der Waals surface area (Å²) in [5.74, 6) is 1.44. The van der Waals surface area contributed by atoms with Crippen molar-refractivity contribution in [1.82, 2.24) is 5.32 Å². The average Bonchev–Trinajstić information content (AvgIpc) is 2.58. The van der Waals surface area contributed by atoms with E-state index in [1.54, 1.807) is 19.3 Å². The van der Waals surface area contributed by atoms with Gasteiger partial charge in [0.2, 0.25) is 0 Å². The van der Waals surface area contributed by atoms with Crippen molar-refractivity contribution in [3.8, 4) is 11.5 Å². The minimum atomic E-state index is 0. The third kappa shape index (κ3) is 6.79. The maximum atomic E-state index is 6.17. The van der Waals surface area contributed by atoms with Gasteiger partial charge in [-0.05, 0) is 48.4 Å². The third-order valence-corrected chi connectivity index (χ3v) is 4.09. The molecule has 2 aromatic carbocycles. The molecule has 0 aliphatic heterocycles. The molecule has 2 aromatic rings. The Hall–Kier alpha value is -1.39. The molecule has 2 rings (SSSR count). The van der Waals surface area contributed by atoms with Crippen molar-refractivity contribution in [3.63, 3.8) is 0 Å². The summed E-state index contributed by atoms with van der Waals surface area (Å²) in [5.41, 5.74) is 2.21. The van der Waals surface area contributed by atoms with Crippen LogP contribution in [0.2, 0.25) is 10.0 Å². The molecule has 3 nitrogen and oxygen atoms in total. The van der Waals surface area contributed by atoms with E-state index in [1.165, 1.54) is 0 Å². The van der Waals surface area contributed by atoms with E-state index in [1.807, 2.05) is 30.3 Å². The zero-order chi connectivity index (χ0) is 17.4. The highest BCUT2D eigenvalue weighted by Gasteiger charge is 2.06. The molecule has 0 aliphatic carbocycles. The molecule has 0 fully saturated rings. The Balaban J connectivity index is 0.00000312. The van der Waals surface area contributed by atoms with Gasteiger partial charge < -0.3 is 14.8 Å². The van der Waals surface area contributed by atoms with Gasteiger partial charge in [0.25, 0.3) is 0 Å². The van der Waals surface area contributed by atoms with Gasteiger partial charge in [0.05, 0.1) is 7.11 Å². The Morgan fingerprint density at radius 2 is 1.92 bits per heavy atom. The van der Waals surface area contributed by atoms with Crippen LogP contribution in [0.4, 0.5) is 0 Å². The van der Waals surface area contributed by atoms with Crippen molar-refractivity contribution in [3.05, 3.63) is 70.2 Å². The highest BCUT2D eigenvalue weighted by Crippen LogP contribution is 2.28. The Morgan fingerprint density at radius 1 is 1.12 bits per heavy atom. The average molecular weight is 403 g/mol. The van der Waals surface area contributed by atoms with Crippen LogP contribution in [0.25, 0.3) is 0 Å². The number of nitrogens with one attached hydrogen (secondary N) is 1. The number of ether oxygens (including phenoxy) is 2. The monoisotopic (exact) mass is 401 g/mol. The zero-order valence-electron chi connectivity index (χ0n) is 14.1. The van der Waals surface area contributed by atoms with Gasteiger partial charge in [-0.2, -0.15) is 0 Å². The van der Waals surface area contributed by atoms with Crippen molar-refractivity contribution < 1.29 is 9.47 Å². The Labute approximate surface area is 165 Å². The van der Waals surface area contributed by atoms with Gasteiger partial charge in [-0.3, -0.25) is 0 Å². The molecular weight excluding hydrogens is 381 g/mol. The highest BCUT2D eigenvalue weighted by molar-refractivity contribution is 6.35. The molecule has 0 unspecified atom stereocenters. The summed E-state index contributed by atoms with van der Waals surface area (Å²) in [7, 11) is 1.63. The summed E-state index contributed by atoms with van der Waals surface area (Å²) < 4.78 is 10.9. The van der Waals surface area contributed by atoms with Gasteiger partial charge in [-0.15, -0.1) is 12.4 Å². The summed E-state index contributed by atoms with van der Waals surface area (Å²) in [4.78, 5) is 0. The van der Waals surface area contributed by atoms with Crippen molar-refractivity contribution >= 4 is 35.6 Å². The first-order chi connectivity index (χ1) is 11.6. The largest absolute Gasteiger partial charge is 0.493 e. The molecule has 0 radical (unpaired) electrons. The van der Waals surface area contributed by atoms with E-state index in [9.17, 15) is 0 Å². The lowest BCUT2D eigenvalue weighted by Gasteiger charge is -2.12. The van der Waals surface area contributed by atoms with Crippen LogP contribution in [-0.4, -0.2) is 20.3 Å². The first-order valence-corrected chi connectivity index (χ1v) is 8.45. The molecule has 0 aliphatic rings. The second-order valence-electron chi connectivity index (χ2n) is 5.25. The molecule has 6 heteroatoms. The maximum absolute atomic E-state index is 6.17. The van der Waals surface area contributed by atoms with Crippen molar-refractivity contribution in [2.45, 2.75) is 13.0 Å². The topological polar surface area (TPSA) is 30.5 Å². The Kier molecular flexibility index (Phi) is 9.76. The molecule has 0 heterocycles. The lowest BCUT2D eigenvalue weighted by atomic mass is 10.1. The number of hydrogen-bond donors (Lipinski definition) is 1. The summed E-state index contributed by atoms with van der Waals surface area (Å²) in [6.45, 7) is 5.65. The number of benzene rings is 2. The number of hydrogen-bond acceptors (Lipinski definition) is 3. The zero-order valence-corrected chi connectivity index (χ0v) is 16.4. The van der Waals surface area contributed by atoms with E-state index < -0.39 is 0 Å². The smallest absolute Gasteiger partial charge is 0.161 e. The summed E-state index contributed by atoms with van der Waals surface area (Å²) in [6.07, 6.45) is 2.55. The van der Waals surface area contributed by atoms with Crippen LogP contribution in [0.15, 0.2) is 49.1 Å². The number of methoxy groups -OCH3 is 1. The van der Waals surface area contributed by atoms with E-state index >= 15 is 0 Å². The van der Waals surface area contributed by atoms with E-state index in [4.69, 9.17) is 32.7 Å². The lowest BCUT2D eigenvalue weighted by molar-refractivity contribution is 0.326. The van der Waals surface area contributed by atoms with E-state index in [0.29, 0.717) is 22.4 Å². The fourth-order valence-corrected chi connectivity index (χ4v) is 2.77. The first kappa shape index (κ1) is 21.7. The number of rotatable bonds is 9. The molecule has 0 saturated carbocycles. The second-order valence-corrected chi connectivity index (χ2v) is 6.09. The number of halogens is 3. The Morgan fingerprint density at radius 3 is 2.60 bits per heavy atom. The molecule has 0 spiro atoms. The van der Waals surface area contributed by atoms with Gasteiger partial charge in [0.1, 0.15) is 6.61 Å². The molecular formula is C19H22Cl3NO2. The fraction of sp³-hybridized carbons (Fsp3) is 0.263. The van der Waals surface area contributed by atoms with Gasteiger partial charge in [0.15, 0.2) is 11.5 Å². The van der Waals surface area contributed by atoms with Gasteiger partial charge in [-0.25, -0.2) is 0 Å². The molecule has 136 valence electrons. The predicted octanol–water partition coefficient (Wildman–Crippen LogP) is 5.32. The van der Waals surface area contributed by atoms with Crippen LogP contribution in [0.5, 0.6) is 11.5 Å². The summed E-state index contributed by atoms with van der Waals surface area (Å²) in [6, 6.07) is 11.5. The van der Waals surface area contributed by atoms with Crippen LogP contribution in [0.3, 0.4) is 0 Å². The lowest BCUT2D eigenvalue weighted by Crippen LogP contribution is -2.16. The Bertz CT molecular complexity index is 692.